The number of Topliss-reactive ketones (excluding diaryl/α,β-unsaturated/α-hetero) is 1. The van der Waals surface area contributed by atoms with E-state index in [9.17, 15) is 27.9 Å². The van der Waals surface area contributed by atoms with Crippen LogP contribution in [0.25, 0.3) is 0 Å². The number of nitrogens with one attached hydrogen (secondary N) is 1. The molecular weight excluding hydrogens is 483 g/mol. The molecule has 0 spiro atoms. The summed E-state index contributed by atoms with van der Waals surface area (Å²) >= 11 is 5.98. The Labute approximate surface area is 205 Å². The zero-order valence-corrected chi connectivity index (χ0v) is 19.5. The molecule has 0 saturated heterocycles. The molecule has 0 unspecified atom stereocenters. The van der Waals surface area contributed by atoms with Gasteiger partial charge in [0.05, 0.1) is 11.7 Å². The van der Waals surface area contributed by atoms with Crippen molar-refractivity contribution < 1.29 is 32.6 Å². The average molecular weight is 508 g/mol. The van der Waals surface area contributed by atoms with Gasteiger partial charge in [0.25, 0.3) is 5.91 Å². The second-order valence-electron chi connectivity index (χ2n) is 9.84. The van der Waals surface area contributed by atoms with Crippen LogP contribution in [-0.4, -0.2) is 28.9 Å². The molecule has 2 aromatic carbocycles. The fourth-order valence-electron chi connectivity index (χ4n) is 5.88. The molecule has 35 heavy (non-hydrogen) atoms. The highest BCUT2D eigenvalue weighted by atomic mass is 35.5. The maximum absolute atomic E-state index is 12.9. The molecule has 3 aliphatic rings. The first-order valence-electron chi connectivity index (χ1n) is 11.7. The van der Waals surface area contributed by atoms with Crippen LogP contribution in [-0.2, 0) is 11.0 Å². The lowest BCUT2D eigenvalue weighted by Gasteiger charge is -2.32. The Morgan fingerprint density at radius 3 is 2.43 bits per heavy atom. The van der Waals surface area contributed by atoms with Crippen molar-refractivity contribution in [3.63, 3.8) is 0 Å². The standard InChI is InChI=1S/C26H25ClF3NO4/c27-18-5-6-23-19(11-18)22(33)12-24(35-23)25(34)31-20-9-14-7-16(20)8-15(14)10-21(32)13-1-3-17(4-2-13)26(28,29)30/h1-6,11,14-16,20,22,24,33H,7-10,12H2,(H,31,34)/t14-,15-,16-,20+,22+,24+/m0/s1. The molecule has 2 bridgehead atoms. The number of hydrogen-bond donors (Lipinski definition) is 2. The first-order chi connectivity index (χ1) is 16.6. The highest BCUT2D eigenvalue weighted by Crippen LogP contribution is 2.50. The predicted molar refractivity (Wildman–Crippen MR) is 122 cm³/mol. The summed E-state index contributed by atoms with van der Waals surface area (Å²) in [5.74, 6) is 0.716. The molecule has 0 radical (unpaired) electrons. The lowest BCUT2D eigenvalue weighted by atomic mass is 9.82. The van der Waals surface area contributed by atoms with Gasteiger partial charge in [0.2, 0.25) is 0 Å². The maximum atomic E-state index is 12.9. The van der Waals surface area contributed by atoms with E-state index in [4.69, 9.17) is 16.3 Å². The number of ketones is 1. The molecule has 9 heteroatoms. The van der Waals surface area contributed by atoms with Gasteiger partial charge in [0.15, 0.2) is 11.9 Å². The fraction of sp³-hybridized carbons (Fsp3) is 0.462. The summed E-state index contributed by atoms with van der Waals surface area (Å²) in [7, 11) is 0. The number of halogens is 4. The average Bonchev–Trinajstić information content (AvgIpc) is 3.39. The van der Waals surface area contributed by atoms with Crippen molar-refractivity contribution in [3.05, 3.63) is 64.2 Å². The summed E-state index contributed by atoms with van der Waals surface area (Å²) in [5, 5.41) is 14.0. The van der Waals surface area contributed by atoms with Crippen LogP contribution in [0.15, 0.2) is 42.5 Å². The smallest absolute Gasteiger partial charge is 0.416 e. The number of aliphatic hydroxyl groups is 1. The molecule has 2 fully saturated rings. The molecule has 6 atom stereocenters. The molecule has 5 nitrogen and oxygen atoms in total. The zero-order valence-electron chi connectivity index (χ0n) is 18.7. The summed E-state index contributed by atoms with van der Waals surface area (Å²) < 4.78 is 44.1. The lowest BCUT2D eigenvalue weighted by Crippen LogP contribution is -2.47. The van der Waals surface area contributed by atoms with E-state index in [-0.39, 0.29) is 41.9 Å². The Kier molecular flexibility index (Phi) is 6.30. The Morgan fingerprint density at radius 2 is 1.77 bits per heavy atom. The molecule has 2 aromatic rings. The van der Waals surface area contributed by atoms with Gasteiger partial charge in [0.1, 0.15) is 5.75 Å². The number of rotatable bonds is 5. The van der Waals surface area contributed by atoms with Gasteiger partial charge in [-0.2, -0.15) is 13.2 Å². The topological polar surface area (TPSA) is 75.6 Å². The van der Waals surface area contributed by atoms with E-state index in [2.05, 4.69) is 5.32 Å². The van der Waals surface area contributed by atoms with Crippen LogP contribution in [0.5, 0.6) is 5.75 Å². The number of amides is 1. The maximum Gasteiger partial charge on any atom is 0.416 e. The Bertz CT molecular complexity index is 1140. The summed E-state index contributed by atoms with van der Waals surface area (Å²) in [5.41, 5.74) is 0.0940. The molecule has 1 aliphatic heterocycles. The number of carbonyl (C=O) groups is 2. The Hall–Kier alpha value is -2.58. The summed E-state index contributed by atoms with van der Waals surface area (Å²) in [6.07, 6.45) is -3.17. The first kappa shape index (κ1) is 24.1. The largest absolute Gasteiger partial charge is 0.480 e. The van der Waals surface area contributed by atoms with Crippen LogP contribution in [0, 0.1) is 17.8 Å². The Morgan fingerprint density at radius 1 is 1.03 bits per heavy atom. The summed E-state index contributed by atoms with van der Waals surface area (Å²) in [4.78, 5) is 25.5. The molecule has 2 aliphatic carbocycles. The van der Waals surface area contributed by atoms with Gasteiger partial charge >= 0.3 is 6.18 Å². The van der Waals surface area contributed by atoms with Crippen molar-refractivity contribution in [1.82, 2.24) is 5.32 Å². The normalized spacial score (nSPS) is 29.4. The van der Waals surface area contributed by atoms with E-state index in [1.807, 2.05) is 0 Å². The quantitative estimate of drug-likeness (QED) is 0.535. The van der Waals surface area contributed by atoms with Gasteiger partial charge < -0.3 is 15.2 Å². The fourth-order valence-corrected chi connectivity index (χ4v) is 6.06. The van der Waals surface area contributed by atoms with Crippen LogP contribution in [0.4, 0.5) is 13.2 Å². The SMILES string of the molecule is O=C(C[C@@H]1C[C@@H]2C[C@H]1C[C@H]2NC(=O)[C@H]1C[C@@H](O)c2cc(Cl)ccc2O1)c1ccc(C(F)(F)F)cc1. The Balaban J connectivity index is 1.14. The van der Waals surface area contributed by atoms with E-state index in [0.717, 1.165) is 31.4 Å². The van der Waals surface area contributed by atoms with Crippen molar-refractivity contribution in [3.8, 4) is 5.75 Å². The van der Waals surface area contributed by atoms with Crippen molar-refractivity contribution in [2.24, 2.45) is 17.8 Å². The predicted octanol–water partition coefficient (Wildman–Crippen LogP) is 5.35. The van der Waals surface area contributed by atoms with E-state index in [0.29, 0.717) is 28.3 Å². The minimum Gasteiger partial charge on any atom is -0.480 e. The minimum absolute atomic E-state index is 0.0164. The lowest BCUT2D eigenvalue weighted by molar-refractivity contribution is -0.137. The molecule has 0 aromatic heterocycles. The third-order valence-electron chi connectivity index (χ3n) is 7.64. The molecule has 1 heterocycles. The monoisotopic (exact) mass is 507 g/mol. The van der Waals surface area contributed by atoms with Crippen molar-refractivity contribution >= 4 is 23.3 Å². The number of alkyl halides is 3. The van der Waals surface area contributed by atoms with E-state index in [1.54, 1.807) is 18.2 Å². The minimum atomic E-state index is -4.43. The van der Waals surface area contributed by atoms with Gasteiger partial charge in [-0.05, 0) is 67.3 Å². The van der Waals surface area contributed by atoms with Gasteiger partial charge in [-0.25, -0.2) is 0 Å². The first-order valence-corrected chi connectivity index (χ1v) is 12.1. The third kappa shape index (κ3) is 4.91. The van der Waals surface area contributed by atoms with Crippen molar-refractivity contribution in [2.45, 2.75) is 56.5 Å². The number of benzene rings is 2. The molecule has 1 amide bonds. The van der Waals surface area contributed by atoms with Crippen LogP contribution in [0.1, 0.15) is 59.7 Å². The van der Waals surface area contributed by atoms with Crippen LogP contribution in [0.2, 0.25) is 5.02 Å². The highest BCUT2D eigenvalue weighted by Gasteiger charge is 2.47. The van der Waals surface area contributed by atoms with Gasteiger partial charge in [-0.1, -0.05) is 23.7 Å². The number of aliphatic hydroxyl groups excluding tert-OH is 1. The molecule has 5 rings (SSSR count). The number of carbonyl (C=O) groups excluding carboxylic acids is 2. The summed E-state index contributed by atoms with van der Waals surface area (Å²) in [6.45, 7) is 0. The number of hydrogen-bond acceptors (Lipinski definition) is 4. The van der Waals surface area contributed by atoms with E-state index >= 15 is 0 Å². The third-order valence-corrected chi connectivity index (χ3v) is 7.88. The highest BCUT2D eigenvalue weighted by molar-refractivity contribution is 6.30. The van der Waals surface area contributed by atoms with Crippen LogP contribution in [0.3, 0.4) is 0 Å². The van der Waals surface area contributed by atoms with Crippen LogP contribution >= 0.6 is 11.6 Å². The van der Waals surface area contributed by atoms with E-state index < -0.39 is 23.9 Å². The number of ether oxygens (including phenoxy) is 1. The molecule has 186 valence electrons. The summed E-state index contributed by atoms with van der Waals surface area (Å²) in [6, 6.07) is 9.28. The van der Waals surface area contributed by atoms with E-state index in [1.165, 1.54) is 12.1 Å². The molecule has 2 saturated carbocycles. The van der Waals surface area contributed by atoms with Gasteiger partial charge in [-0.15, -0.1) is 0 Å². The van der Waals surface area contributed by atoms with Gasteiger partial charge in [-0.3, -0.25) is 9.59 Å². The van der Waals surface area contributed by atoms with Crippen LogP contribution < -0.4 is 10.1 Å². The second kappa shape index (κ2) is 9.13. The molecule has 2 N–H and O–H groups in total. The van der Waals surface area contributed by atoms with Crippen molar-refractivity contribution in [2.75, 3.05) is 0 Å². The second-order valence-corrected chi connectivity index (χ2v) is 10.3. The number of fused-ring (bicyclic) bond motifs is 3. The zero-order chi connectivity index (χ0) is 24.9. The molecular formula is C26H25ClF3NO4. The van der Waals surface area contributed by atoms with Crippen molar-refractivity contribution in [1.29, 1.82) is 0 Å². The van der Waals surface area contributed by atoms with Gasteiger partial charge in [0, 0.05) is 35.0 Å².